The minimum atomic E-state index is -1.79. The molecule has 0 saturated heterocycles. The molecule has 12 heteroatoms. The van der Waals surface area contributed by atoms with Gasteiger partial charge >= 0.3 is 17.9 Å². The molecule has 3 aliphatic rings. The van der Waals surface area contributed by atoms with Gasteiger partial charge in [0.25, 0.3) is 5.91 Å². The number of benzene rings is 1. The van der Waals surface area contributed by atoms with Crippen molar-refractivity contribution in [2.24, 2.45) is 0 Å². The summed E-state index contributed by atoms with van der Waals surface area (Å²) in [6.07, 6.45) is 17.3. The Morgan fingerprint density at radius 2 is 1.58 bits per heavy atom. The Hall–Kier alpha value is -4.48. The third-order valence-corrected chi connectivity index (χ3v) is 11.4. The lowest BCUT2D eigenvalue weighted by Crippen LogP contribution is -2.53. The van der Waals surface area contributed by atoms with Gasteiger partial charge in [-0.1, -0.05) is 104 Å². The number of phenols is 1. The van der Waals surface area contributed by atoms with Crippen molar-refractivity contribution >= 4 is 40.6 Å². The SMILES string of the molecule is CCCCCCCCCCCCCCCCC(NC(=O)CCCC(=O)O[C@]1(CC)C(=O)OCC2=C1CC1c3nc4ccc(O)cc4cc3CN1C2=O)C(=O)O. The fourth-order valence-corrected chi connectivity index (χ4v) is 8.29. The molecule has 4 heterocycles. The van der Waals surface area contributed by atoms with Crippen molar-refractivity contribution in [3.05, 3.63) is 46.7 Å². The molecule has 0 fully saturated rings. The molecule has 300 valence electrons. The van der Waals surface area contributed by atoms with Crippen molar-refractivity contribution in [1.82, 2.24) is 15.2 Å². The van der Waals surface area contributed by atoms with Gasteiger partial charge in [0.05, 0.1) is 22.8 Å². The molecule has 0 saturated carbocycles. The van der Waals surface area contributed by atoms with Gasteiger partial charge in [-0.15, -0.1) is 0 Å². The number of hydrogen-bond acceptors (Lipinski definition) is 9. The summed E-state index contributed by atoms with van der Waals surface area (Å²) in [5, 5.41) is 23.0. The standard InChI is InChI=1S/C43H59N3O9/c1-3-5-6-7-8-9-10-11-12-13-14-15-16-17-19-35(41(51)52)44-37(48)20-18-21-38(49)55-43(4-2)33-26-36-39-30(24-29-25-31(47)22-23-34(29)45-39)27-46(36)40(50)32(33)28-54-42(43)53/h22-25,35-36,47H,3-21,26-28H2,1-2H3,(H,44,48)(H,51,52)/t35?,36?,43-/m0/s1. The van der Waals surface area contributed by atoms with Crippen molar-refractivity contribution in [3.63, 3.8) is 0 Å². The lowest BCUT2D eigenvalue weighted by atomic mass is 9.78. The second-order valence-corrected chi connectivity index (χ2v) is 15.4. The monoisotopic (exact) mass is 761 g/mol. The highest BCUT2D eigenvalue weighted by molar-refractivity contribution is 6.01. The summed E-state index contributed by atoms with van der Waals surface area (Å²) >= 11 is 0. The van der Waals surface area contributed by atoms with Crippen LogP contribution in [0.25, 0.3) is 10.9 Å². The molecular formula is C43H59N3O9. The Morgan fingerprint density at radius 1 is 0.927 bits per heavy atom. The first-order valence-corrected chi connectivity index (χ1v) is 20.6. The van der Waals surface area contributed by atoms with Gasteiger partial charge in [-0.05, 0) is 61.1 Å². The number of nitrogens with zero attached hydrogens (tertiary/aromatic N) is 2. The van der Waals surface area contributed by atoms with Crippen molar-refractivity contribution in [2.45, 2.75) is 166 Å². The number of esters is 2. The molecule has 55 heavy (non-hydrogen) atoms. The summed E-state index contributed by atoms with van der Waals surface area (Å²) in [6.45, 7) is 4.02. The van der Waals surface area contributed by atoms with E-state index >= 15 is 0 Å². The summed E-state index contributed by atoms with van der Waals surface area (Å²) < 4.78 is 11.3. The summed E-state index contributed by atoms with van der Waals surface area (Å²) in [5.41, 5.74) is 1.11. The molecular weight excluding hydrogens is 702 g/mol. The average Bonchev–Trinajstić information content (AvgIpc) is 3.52. The third kappa shape index (κ3) is 10.4. The van der Waals surface area contributed by atoms with Gasteiger partial charge in [0.15, 0.2) is 0 Å². The molecule has 3 atom stereocenters. The van der Waals surface area contributed by atoms with Crippen LogP contribution in [-0.2, 0) is 40.0 Å². The molecule has 2 unspecified atom stereocenters. The number of fused-ring (bicyclic) bond motifs is 4. The number of aromatic nitrogens is 1. The number of unbranched alkanes of at least 4 members (excludes halogenated alkanes) is 13. The molecule has 12 nitrogen and oxygen atoms in total. The Labute approximate surface area is 324 Å². The molecule has 3 aliphatic heterocycles. The zero-order chi connectivity index (χ0) is 39.4. The Balaban J connectivity index is 1.06. The first-order chi connectivity index (χ1) is 26.6. The molecule has 0 radical (unpaired) electrons. The maximum absolute atomic E-state index is 13.8. The number of carbonyl (C=O) groups is 5. The predicted octanol–water partition coefficient (Wildman–Crippen LogP) is 7.88. The van der Waals surface area contributed by atoms with E-state index in [1.165, 1.54) is 64.2 Å². The number of rotatable bonds is 23. The average molecular weight is 762 g/mol. The van der Waals surface area contributed by atoms with Crippen molar-refractivity contribution in [1.29, 1.82) is 0 Å². The number of pyridine rings is 1. The van der Waals surface area contributed by atoms with E-state index in [0.717, 1.165) is 30.2 Å². The number of carbonyl (C=O) groups excluding carboxylic acids is 4. The third-order valence-electron chi connectivity index (χ3n) is 11.4. The van der Waals surface area contributed by atoms with E-state index in [2.05, 4.69) is 12.2 Å². The number of cyclic esters (lactones) is 1. The van der Waals surface area contributed by atoms with Crippen LogP contribution in [0.4, 0.5) is 0 Å². The first-order valence-electron chi connectivity index (χ1n) is 20.6. The molecule has 0 aliphatic carbocycles. The van der Waals surface area contributed by atoms with Gasteiger partial charge in [0.2, 0.25) is 11.5 Å². The van der Waals surface area contributed by atoms with Crippen molar-refractivity contribution in [2.75, 3.05) is 6.61 Å². The van der Waals surface area contributed by atoms with E-state index in [0.29, 0.717) is 41.7 Å². The predicted molar refractivity (Wildman–Crippen MR) is 207 cm³/mol. The maximum Gasteiger partial charge on any atom is 0.355 e. The van der Waals surface area contributed by atoms with Crippen molar-refractivity contribution < 1.29 is 43.7 Å². The van der Waals surface area contributed by atoms with Gasteiger partial charge in [0, 0.05) is 24.8 Å². The Morgan fingerprint density at radius 3 is 2.22 bits per heavy atom. The highest BCUT2D eigenvalue weighted by atomic mass is 16.6. The fraction of sp³-hybridized carbons (Fsp3) is 0.628. The second-order valence-electron chi connectivity index (χ2n) is 15.4. The van der Waals surface area contributed by atoms with Gasteiger partial charge in [-0.25, -0.2) is 9.59 Å². The number of aliphatic carboxylic acids is 1. The minimum absolute atomic E-state index is 0.0493. The quantitative estimate of drug-likeness (QED) is 0.0747. The summed E-state index contributed by atoms with van der Waals surface area (Å²) in [4.78, 5) is 71.5. The van der Waals surface area contributed by atoms with Crippen LogP contribution in [0.2, 0.25) is 0 Å². The maximum atomic E-state index is 13.8. The lowest BCUT2D eigenvalue weighted by Gasteiger charge is -2.42. The molecule has 0 spiro atoms. The normalized spacial score (nSPS) is 19.5. The molecule has 2 amide bonds. The van der Waals surface area contributed by atoms with Crippen LogP contribution in [0.15, 0.2) is 35.4 Å². The smallest absolute Gasteiger partial charge is 0.355 e. The van der Waals surface area contributed by atoms with Crippen LogP contribution >= 0.6 is 0 Å². The summed E-state index contributed by atoms with van der Waals surface area (Å²) in [5.74, 6) is -3.20. The minimum Gasteiger partial charge on any atom is -0.508 e. The zero-order valence-corrected chi connectivity index (χ0v) is 32.7. The van der Waals surface area contributed by atoms with Gasteiger partial charge < -0.3 is 29.9 Å². The molecule has 1 aromatic heterocycles. The first kappa shape index (κ1) is 41.7. The number of ether oxygens (including phenoxy) is 2. The van der Waals surface area contributed by atoms with E-state index in [1.807, 2.05) is 6.07 Å². The summed E-state index contributed by atoms with van der Waals surface area (Å²) in [7, 11) is 0. The van der Waals surface area contributed by atoms with E-state index in [4.69, 9.17) is 14.5 Å². The Kier molecular flexibility index (Phi) is 15.1. The highest BCUT2D eigenvalue weighted by Crippen LogP contribution is 2.48. The van der Waals surface area contributed by atoms with E-state index < -0.39 is 41.5 Å². The molecule has 0 bridgehead atoms. The van der Waals surface area contributed by atoms with Crippen LogP contribution < -0.4 is 5.32 Å². The number of phenolic OH excluding ortho intramolecular Hbond substituents is 1. The lowest BCUT2D eigenvalue weighted by molar-refractivity contribution is -0.182. The van der Waals surface area contributed by atoms with Gasteiger partial charge in [-0.2, -0.15) is 0 Å². The van der Waals surface area contributed by atoms with E-state index in [-0.39, 0.29) is 50.4 Å². The van der Waals surface area contributed by atoms with Gasteiger partial charge in [-0.3, -0.25) is 19.4 Å². The number of aromatic hydroxyl groups is 1. The molecule has 1 aromatic carbocycles. The molecule has 5 rings (SSSR count). The topological polar surface area (TPSA) is 172 Å². The highest BCUT2D eigenvalue weighted by Gasteiger charge is 2.55. The van der Waals surface area contributed by atoms with Crippen LogP contribution in [-0.4, -0.2) is 68.1 Å². The largest absolute Gasteiger partial charge is 0.508 e. The number of carboxylic acids is 1. The van der Waals surface area contributed by atoms with Gasteiger partial charge in [0.1, 0.15) is 18.4 Å². The number of nitrogens with one attached hydrogen (secondary N) is 1. The second kappa shape index (κ2) is 19.9. The number of hydrogen-bond donors (Lipinski definition) is 3. The van der Waals surface area contributed by atoms with Crippen molar-refractivity contribution in [3.8, 4) is 5.75 Å². The molecule has 2 aromatic rings. The Bertz CT molecular complexity index is 1740. The molecule has 3 N–H and O–H groups in total. The number of carboxylic acid groups (broad SMARTS) is 1. The van der Waals surface area contributed by atoms with E-state index in [9.17, 15) is 34.2 Å². The zero-order valence-electron chi connectivity index (χ0n) is 32.7. The number of amides is 2. The fourth-order valence-electron chi connectivity index (χ4n) is 8.29. The van der Waals surface area contributed by atoms with E-state index in [1.54, 1.807) is 30.0 Å². The van der Waals surface area contributed by atoms with Crippen LogP contribution in [0.1, 0.15) is 160 Å². The van der Waals surface area contributed by atoms with Crippen LogP contribution in [0, 0.1) is 0 Å². The summed E-state index contributed by atoms with van der Waals surface area (Å²) in [6, 6.07) is 5.33. The van der Waals surface area contributed by atoms with Crippen LogP contribution in [0.3, 0.4) is 0 Å². The van der Waals surface area contributed by atoms with Crippen LogP contribution in [0.5, 0.6) is 5.75 Å².